The lowest BCUT2D eigenvalue weighted by Gasteiger charge is -2.38. The molecule has 2 N–H and O–H groups in total. The number of nitrogens with one attached hydrogen (secondary N) is 1. The van der Waals surface area contributed by atoms with Crippen molar-refractivity contribution in [3.05, 3.63) is 58.9 Å². The van der Waals surface area contributed by atoms with Gasteiger partial charge in [0, 0.05) is 24.5 Å². The minimum Gasteiger partial charge on any atom is -0.393 e. The van der Waals surface area contributed by atoms with Crippen LogP contribution in [0.2, 0.25) is 0 Å². The average Bonchev–Trinajstić information content (AvgIpc) is 2.80. The summed E-state index contributed by atoms with van der Waals surface area (Å²) in [6.45, 7) is 3.98. The Morgan fingerprint density at radius 3 is 2.50 bits per heavy atom. The number of nitrogens with zero attached hydrogens (tertiary/aromatic N) is 1. The molecule has 0 spiro atoms. The number of hydrogen-bond donors (Lipinski definition) is 2. The smallest absolute Gasteiger partial charge is 0.253 e. The second-order valence-electron chi connectivity index (χ2n) is 7.00. The molecule has 1 aliphatic carbocycles. The first-order chi connectivity index (χ1) is 11.5. The SMILES string of the molecule is Cc1cc(C(=O)N[C@@H](Cc2ccccc2)C2CC(O)C2)c(C)n1C. The van der Waals surface area contributed by atoms with E-state index in [0.717, 1.165) is 36.2 Å². The van der Waals surface area contributed by atoms with Gasteiger partial charge in [-0.3, -0.25) is 4.79 Å². The van der Waals surface area contributed by atoms with Crippen molar-refractivity contribution in [1.82, 2.24) is 9.88 Å². The van der Waals surface area contributed by atoms with Crippen LogP contribution < -0.4 is 5.32 Å². The highest BCUT2D eigenvalue weighted by Gasteiger charge is 2.35. The molecular weight excluding hydrogens is 300 g/mol. The molecule has 1 aromatic carbocycles. The maximum Gasteiger partial charge on any atom is 0.253 e. The van der Waals surface area contributed by atoms with E-state index in [9.17, 15) is 9.90 Å². The highest BCUT2D eigenvalue weighted by molar-refractivity contribution is 5.95. The Balaban J connectivity index is 1.76. The van der Waals surface area contributed by atoms with Crippen molar-refractivity contribution in [2.75, 3.05) is 0 Å². The molecule has 4 heteroatoms. The Hall–Kier alpha value is -2.07. The molecule has 0 bridgehead atoms. The number of carbonyl (C=O) groups is 1. The van der Waals surface area contributed by atoms with Gasteiger partial charge in [0.2, 0.25) is 0 Å². The van der Waals surface area contributed by atoms with Crippen LogP contribution in [0.4, 0.5) is 0 Å². The molecule has 0 saturated heterocycles. The normalized spacial score (nSPS) is 21.2. The summed E-state index contributed by atoms with van der Waals surface area (Å²) in [5.41, 5.74) is 4.02. The van der Waals surface area contributed by atoms with E-state index in [1.54, 1.807) is 0 Å². The van der Waals surface area contributed by atoms with Gasteiger partial charge in [0.05, 0.1) is 11.7 Å². The van der Waals surface area contributed by atoms with Gasteiger partial charge in [-0.1, -0.05) is 30.3 Å². The van der Waals surface area contributed by atoms with Crippen LogP contribution in [0.5, 0.6) is 0 Å². The van der Waals surface area contributed by atoms with Crippen LogP contribution in [0.1, 0.15) is 40.2 Å². The zero-order valence-corrected chi connectivity index (χ0v) is 14.6. The van der Waals surface area contributed by atoms with Gasteiger partial charge in [0.15, 0.2) is 0 Å². The Bertz CT molecular complexity index is 715. The molecule has 1 heterocycles. The van der Waals surface area contributed by atoms with Crippen molar-refractivity contribution in [3.8, 4) is 0 Å². The number of aryl methyl sites for hydroxylation is 1. The third-order valence-corrected chi connectivity index (χ3v) is 5.35. The van der Waals surface area contributed by atoms with Crippen molar-refractivity contribution >= 4 is 5.91 Å². The number of hydrogen-bond acceptors (Lipinski definition) is 2. The van der Waals surface area contributed by atoms with Crippen molar-refractivity contribution in [2.24, 2.45) is 13.0 Å². The molecule has 3 rings (SSSR count). The molecule has 1 amide bonds. The van der Waals surface area contributed by atoms with Gasteiger partial charge in [-0.2, -0.15) is 0 Å². The number of benzene rings is 1. The Kier molecular flexibility index (Phi) is 4.76. The molecular formula is C20H26N2O2. The fourth-order valence-corrected chi connectivity index (χ4v) is 3.49. The van der Waals surface area contributed by atoms with Crippen LogP contribution in [-0.4, -0.2) is 27.7 Å². The van der Waals surface area contributed by atoms with E-state index < -0.39 is 0 Å². The van der Waals surface area contributed by atoms with Gasteiger partial charge in [0.1, 0.15) is 0 Å². The highest BCUT2D eigenvalue weighted by Crippen LogP contribution is 2.32. The highest BCUT2D eigenvalue weighted by atomic mass is 16.3. The van der Waals surface area contributed by atoms with Crippen molar-refractivity contribution < 1.29 is 9.90 Å². The molecule has 4 nitrogen and oxygen atoms in total. The van der Waals surface area contributed by atoms with Crippen LogP contribution in [0.15, 0.2) is 36.4 Å². The summed E-state index contributed by atoms with van der Waals surface area (Å²) in [5.74, 6) is 0.327. The molecule has 1 aliphatic rings. The lowest BCUT2D eigenvalue weighted by Crippen LogP contribution is -2.48. The molecule has 1 fully saturated rings. The van der Waals surface area contributed by atoms with Crippen LogP contribution >= 0.6 is 0 Å². The van der Waals surface area contributed by atoms with E-state index in [1.807, 2.05) is 49.7 Å². The quantitative estimate of drug-likeness (QED) is 0.888. The Morgan fingerprint density at radius 1 is 1.29 bits per heavy atom. The summed E-state index contributed by atoms with van der Waals surface area (Å²) < 4.78 is 2.04. The summed E-state index contributed by atoms with van der Waals surface area (Å²) in [7, 11) is 1.98. The van der Waals surface area contributed by atoms with Gasteiger partial charge in [-0.05, 0) is 50.7 Å². The first-order valence-corrected chi connectivity index (χ1v) is 8.61. The van der Waals surface area contributed by atoms with E-state index in [4.69, 9.17) is 0 Å². The zero-order chi connectivity index (χ0) is 17.3. The second-order valence-corrected chi connectivity index (χ2v) is 7.00. The van der Waals surface area contributed by atoms with E-state index in [-0.39, 0.29) is 18.1 Å². The molecule has 2 aromatic rings. The summed E-state index contributed by atoms with van der Waals surface area (Å²) >= 11 is 0. The standard InChI is InChI=1S/C20H26N2O2/c1-13-9-18(14(2)22(13)3)20(24)21-19(16-11-17(23)12-16)10-15-7-5-4-6-8-15/h4-9,16-17,19,23H,10-12H2,1-3H3,(H,21,24)/t16?,17?,19-/m0/s1. The van der Waals surface area contributed by atoms with E-state index in [1.165, 1.54) is 5.56 Å². The predicted molar refractivity (Wildman–Crippen MR) is 95.0 cm³/mol. The molecule has 128 valence electrons. The van der Waals surface area contributed by atoms with Crippen LogP contribution in [-0.2, 0) is 13.5 Å². The third kappa shape index (κ3) is 3.39. The fourth-order valence-electron chi connectivity index (χ4n) is 3.49. The van der Waals surface area contributed by atoms with Gasteiger partial charge >= 0.3 is 0 Å². The largest absolute Gasteiger partial charge is 0.393 e. The topological polar surface area (TPSA) is 54.3 Å². The first-order valence-electron chi connectivity index (χ1n) is 8.61. The van der Waals surface area contributed by atoms with Crippen molar-refractivity contribution in [3.63, 3.8) is 0 Å². The minimum absolute atomic E-state index is 0.0153. The average molecular weight is 326 g/mol. The molecule has 0 radical (unpaired) electrons. The number of carbonyl (C=O) groups excluding carboxylic acids is 1. The van der Waals surface area contributed by atoms with Gasteiger partial charge in [-0.25, -0.2) is 0 Å². The molecule has 0 unspecified atom stereocenters. The first kappa shape index (κ1) is 16.8. The van der Waals surface area contributed by atoms with Crippen LogP contribution in [0.3, 0.4) is 0 Å². The van der Waals surface area contributed by atoms with E-state index in [0.29, 0.717) is 5.92 Å². The zero-order valence-electron chi connectivity index (χ0n) is 14.6. The van der Waals surface area contributed by atoms with Gasteiger partial charge in [-0.15, -0.1) is 0 Å². The van der Waals surface area contributed by atoms with Gasteiger partial charge < -0.3 is 15.0 Å². The molecule has 1 atom stereocenters. The maximum absolute atomic E-state index is 12.8. The number of amides is 1. The van der Waals surface area contributed by atoms with Crippen molar-refractivity contribution in [1.29, 1.82) is 0 Å². The number of aliphatic hydroxyl groups is 1. The molecule has 24 heavy (non-hydrogen) atoms. The summed E-state index contributed by atoms with van der Waals surface area (Å²) in [6, 6.07) is 12.2. The van der Waals surface area contributed by atoms with E-state index in [2.05, 4.69) is 17.4 Å². The summed E-state index contributed by atoms with van der Waals surface area (Å²) in [6.07, 6.45) is 2.12. The molecule has 1 aromatic heterocycles. The predicted octanol–water partition coefficient (Wildman–Crippen LogP) is 2.75. The molecule has 1 saturated carbocycles. The monoisotopic (exact) mass is 326 g/mol. The summed E-state index contributed by atoms with van der Waals surface area (Å²) in [5, 5.41) is 12.9. The lowest BCUT2D eigenvalue weighted by atomic mass is 9.75. The van der Waals surface area contributed by atoms with Crippen molar-refractivity contribution in [2.45, 2.75) is 45.3 Å². The van der Waals surface area contributed by atoms with Crippen LogP contribution in [0.25, 0.3) is 0 Å². The maximum atomic E-state index is 12.8. The van der Waals surface area contributed by atoms with Crippen LogP contribution in [0, 0.1) is 19.8 Å². The third-order valence-electron chi connectivity index (χ3n) is 5.35. The molecule has 0 aliphatic heterocycles. The fraction of sp³-hybridized carbons (Fsp3) is 0.450. The Labute approximate surface area is 143 Å². The van der Waals surface area contributed by atoms with E-state index >= 15 is 0 Å². The minimum atomic E-state index is -0.217. The number of aromatic nitrogens is 1. The van der Waals surface area contributed by atoms with Gasteiger partial charge in [0.25, 0.3) is 5.91 Å². The summed E-state index contributed by atoms with van der Waals surface area (Å²) in [4.78, 5) is 12.8. The lowest BCUT2D eigenvalue weighted by molar-refractivity contribution is 0.0239. The second kappa shape index (κ2) is 6.81. The number of rotatable bonds is 5. The number of aliphatic hydroxyl groups excluding tert-OH is 1. The Morgan fingerprint density at radius 2 is 1.96 bits per heavy atom.